The van der Waals surface area contributed by atoms with Gasteiger partial charge in [0.25, 0.3) is 5.91 Å². The van der Waals surface area contributed by atoms with E-state index in [0.717, 1.165) is 16.7 Å². The molecule has 2 aromatic carbocycles. The van der Waals surface area contributed by atoms with Gasteiger partial charge in [0.1, 0.15) is 11.5 Å². The summed E-state index contributed by atoms with van der Waals surface area (Å²) in [5.74, 6) is 0.487. The molecule has 1 N–H and O–H groups in total. The van der Waals surface area contributed by atoms with Crippen molar-refractivity contribution in [1.82, 2.24) is 20.2 Å². The van der Waals surface area contributed by atoms with Gasteiger partial charge < -0.3 is 9.73 Å². The van der Waals surface area contributed by atoms with Crippen LogP contribution in [0.1, 0.15) is 16.9 Å². The number of carbonyl (C=O) groups excluding carboxylic acids is 1. The summed E-state index contributed by atoms with van der Waals surface area (Å²) in [6.07, 6.45) is 3.11. The van der Waals surface area contributed by atoms with E-state index in [0.29, 0.717) is 22.3 Å². The Kier molecular flexibility index (Phi) is 5.45. The molecular weight excluding hydrogens is 402 g/mol. The lowest BCUT2D eigenvalue weighted by Gasteiger charge is -2.14. The maximum atomic E-state index is 13.3. The van der Waals surface area contributed by atoms with Crippen molar-refractivity contribution in [1.29, 1.82) is 0 Å². The zero-order valence-electron chi connectivity index (χ0n) is 16.3. The van der Waals surface area contributed by atoms with Gasteiger partial charge in [-0.1, -0.05) is 48.0 Å². The van der Waals surface area contributed by atoms with E-state index in [-0.39, 0.29) is 5.70 Å². The Labute approximate surface area is 178 Å². The molecule has 2 aromatic heterocycles. The van der Waals surface area contributed by atoms with Crippen LogP contribution in [0.2, 0.25) is 5.02 Å². The Bertz CT molecular complexity index is 1190. The molecule has 0 saturated carbocycles. The number of anilines is 1. The normalized spacial score (nSPS) is 11.5. The van der Waals surface area contributed by atoms with Gasteiger partial charge in [0, 0.05) is 11.6 Å². The predicted octanol–water partition coefficient (Wildman–Crippen LogP) is 4.84. The van der Waals surface area contributed by atoms with Crippen LogP contribution in [0.3, 0.4) is 0 Å². The number of halogens is 1. The molecule has 8 heteroatoms. The van der Waals surface area contributed by atoms with Crippen molar-refractivity contribution in [3.8, 4) is 11.4 Å². The summed E-state index contributed by atoms with van der Waals surface area (Å²) in [4.78, 5) is 13.3. The Hall–Kier alpha value is -3.71. The molecular formula is C22H18ClN5O2. The van der Waals surface area contributed by atoms with Gasteiger partial charge in [-0.2, -0.15) is 4.68 Å². The lowest BCUT2D eigenvalue weighted by Crippen LogP contribution is -2.20. The van der Waals surface area contributed by atoms with Gasteiger partial charge >= 0.3 is 0 Å². The topological polar surface area (TPSA) is 85.8 Å². The van der Waals surface area contributed by atoms with Crippen LogP contribution in [0.4, 0.5) is 5.69 Å². The van der Waals surface area contributed by atoms with Gasteiger partial charge in [-0.25, -0.2) is 0 Å². The third kappa shape index (κ3) is 4.01. The molecule has 0 aliphatic carbocycles. The van der Waals surface area contributed by atoms with E-state index in [1.165, 1.54) is 10.9 Å². The summed E-state index contributed by atoms with van der Waals surface area (Å²) in [7, 11) is 0. The zero-order valence-corrected chi connectivity index (χ0v) is 17.1. The number of rotatable bonds is 5. The molecule has 150 valence electrons. The first-order valence-electron chi connectivity index (χ1n) is 9.20. The van der Waals surface area contributed by atoms with Crippen LogP contribution in [0.25, 0.3) is 23.2 Å². The van der Waals surface area contributed by atoms with Gasteiger partial charge in [-0.15, -0.1) is 5.10 Å². The molecule has 0 aliphatic heterocycles. The highest BCUT2D eigenvalue weighted by molar-refractivity contribution is 6.35. The number of nitrogens with one attached hydrogen (secondary N) is 1. The molecule has 0 fully saturated rings. The molecule has 0 saturated heterocycles. The second-order valence-electron chi connectivity index (χ2n) is 6.72. The molecule has 2 heterocycles. The van der Waals surface area contributed by atoms with Crippen molar-refractivity contribution in [3.63, 3.8) is 0 Å². The number of aryl methyl sites for hydroxylation is 2. The zero-order chi connectivity index (χ0) is 21.1. The van der Waals surface area contributed by atoms with Crippen LogP contribution in [-0.4, -0.2) is 26.1 Å². The number of nitrogens with zero attached hydrogens (tertiary/aromatic N) is 4. The number of carbonyl (C=O) groups is 1. The van der Waals surface area contributed by atoms with Gasteiger partial charge in [0.2, 0.25) is 0 Å². The minimum Gasteiger partial charge on any atom is -0.465 e. The Morgan fingerprint density at radius 1 is 1.13 bits per heavy atom. The summed E-state index contributed by atoms with van der Waals surface area (Å²) in [5.41, 5.74) is 3.35. The monoisotopic (exact) mass is 419 g/mol. The number of furan rings is 1. The summed E-state index contributed by atoms with van der Waals surface area (Å²) in [5, 5.41) is 15.3. The summed E-state index contributed by atoms with van der Waals surface area (Å²) in [6, 6.07) is 16.6. The average Bonchev–Trinajstić information content (AvgIpc) is 3.41. The molecule has 0 spiro atoms. The lowest BCUT2D eigenvalue weighted by molar-refractivity contribution is -0.111. The number of tetrazole rings is 1. The predicted molar refractivity (Wildman–Crippen MR) is 116 cm³/mol. The number of aromatic nitrogens is 4. The second kappa shape index (κ2) is 8.34. The molecule has 0 bridgehead atoms. The van der Waals surface area contributed by atoms with Crippen molar-refractivity contribution >= 4 is 35.0 Å². The smallest absolute Gasteiger partial charge is 0.274 e. The molecule has 4 aromatic rings. The third-order valence-electron chi connectivity index (χ3n) is 4.45. The van der Waals surface area contributed by atoms with Crippen LogP contribution in [0.5, 0.6) is 0 Å². The molecule has 7 nitrogen and oxygen atoms in total. The van der Waals surface area contributed by atoms with Crippen molar-refractivity contribution in [2.75, 3.05) is 5.32 Å². The molecule has 0 atom stereocenters. The first-order chi connectivity index (χ1) is 14.5. The highest BCUT2D eigenvalue weighted by Gasteiger charge is 2.21. The largest absolute Gasteiger partial charge is 0.465 e. The molecule has 30 heavy (non-hydrogen) atoms. The summed E-state index contributed by atoms with van der Waals surface area (Å²) < 4.78 is 6.79. The Morgan fingerprint density at radius 3 is 2.63 bits per heavy atom. The lowest BCUT2D eigenvalue weighted by atomic mass is 10.1. The highest BCUT2D eigenvalue weighted by atomic mass is 35.5. The SMILES string of the molecule is Cc1cc(C)c(NC(=O)C(=Cc2ccco2)n2nnnc2-c2ccccc2)c(Cl)c1. The van der Waals surface area contributed by atoms with Crippen LogP contribution in [-0.2, 0) is 4.79 Å². The van der Waals surface area contributed by atoms with Crippen molar-refractivity contribution in [2.45, 2.75) is 13.8 Å². The maximum Gasteiger partial charge on any atom is 0.274 e. The van der Waals surface area contributed by atoms with E-state index in [2.05, 4.69) is 20.8 Å². The van der Waals surface area contributed by atoms with E-state index < -0.39 is 5.91 Å². The summed E-state index contributed by atoms with van der Waals surface area (Å²) in [6.45, 7) is 3.83. The van der Waals surface area contributed by atoms with E-state index in [4.69, 9.17) is 16.0 Å². The first-order valence-corrected chi connectivity index (χ1v) is 9.58. The van der Waals surface area contributed by atoms with Crippen LogP contribution in [0, 0.1) is 13.8 Å². The molecule has 0 radical (unpaired) electrons. The number of benzene rings is 2. The van der Waals surface area contributed by atoms with Crippen LogP contribution >= 0.6 is 11.6 Å². The Balaban J connectivity index is 1.78. The molecule has 4 rings (SSSR count). The minimum atomic E-state index is -0.426. The fourth-order valence-corrected chi connectivity index (χ4v) is 3.47. The van der Waals surface area contributed by atoms with Gasteiger partial charge in [0.15, 0.2) is 5.82 Å². The van der Waals surface area contributed by atoms with Crippen LogP contribution in [0.15, 0.2) is 65.3 Å². The number of amides is 1. The molecule has 0 unspecified atom stereocenters. The van der Waals surface area contributed by atoms with Gasteiger partial charge in [-0.05, 0) is 53.6 Å². The summed E-state index contributed by atoms with van der Waals surface area (Å²) >= 11 is 6.38. The van der Waals surface area contributed by atoms with Gasteiger partial charge in [0.05, 0.1) is 17.0 Å². The second-order valence-corrected chi connectivity index (χ2v) is 7.13. The first kappa shape index (κ1) is 19.6. The van der Waals surface area contributed by atoms with E-state index in [9.17, 15) is 4.79 Å². The van der Waals surface area contributed by atoms with Gasteiger partial charge in [-0.3, -0.25) is 4.79 Å². The molecule has 1 amide bonds. The third-order valence-corrected chi connectivity index (χ3v) is 4.75. The van der Waals surface area contributed by atoms with E-state index in [1.54, 1.807) is 24.3 Å². The Morgan fingerprint density at radius 2 is 1.93 bits per heavy atom. The number of hydrogen-bond acceptors (Lipinski definition) is 5. The fraction of sp³-hybridized carbons (Fsp3) is 0.0909. The van der Waals surface area contributed by atoms with Crippen molar-refractivity contribution < 1.29 is 9.21 Å². The maximum absolute atomic E-state index is 13.3. The van der Waals surface area contributed by atoms with E-state index in [1.807, 2.05) is 50.2 Å². The van der Waals surface area contributed by atoms with Crippen molar-refractivity contribution in [3.05, 3.63) is 82.8 Å². The van der Waals surface area contributed by atoms with E-state index >= 15 is 0 Å². The minimum absolute atomic E-state index is 0.185. The fourth-order valence-electron chi connectivity index (χ4n) is 3.10. The van der Waals surface area contributed by atoms with Crippen molar-refractivity contribution in [2.24, 2.45) is 0 Å². The standard InChI is InChI=1S/C22H18ClN5O2/c1-14-11-15(2)20(18(23)12-14)24-22(29)19(13-17-9-6-10-30-17)28-21(25-26-27-28)16-7-4-3-5-8-16/h3-13H,1-2H3,(H,24,29). The van der Waals surface area contributed by atoms with Crippen LogP contribution < -0.4 is 5.32 Å². The molecule has 0 aliphatic rings. The quantitative estimate of drug-likeness (QED) is 0.468. The highest BCUT2D eigenvalue weighted by Crippen LogP contribution is 2.29. The average molecular weight is 420 g/mol. The number of hydrogen-bond donors (Lipinski definition) is 1.